The maximum absolute atomic E-state index is 11.9. The first-order chi connectivity index (χ1) is 9.80. The van der Waals surface area contributed by atoms with E-state index in [0.29, 0.717) is 18.7 Å². The zero-order valence-electron chi connectivity index (χ0n) is 11.1. The summed E-state index contributed by atoms with van der Waals surface area (Å²) >= 11 is 16.6. The average Bonchev–Trinajstić information content (AvgIpc) is 2.85. The smallest absolute Gasteiger partial charge is 0.410 e. The van der Waals surface area contributed by atoms with Gasteiger partial charge in [0.1, 0.15) is 6.61 Å². The van der Waals surface area contributed by atoms with E-state index < -0.39 is 15.9 Å². The van der Waals surface area contributed by atoms with E-state index in [1.54, 1.807) is 18.2 Å². The summed E-state index contributed by atoms with van der Waals surface area (Å²) in [5.41, 5.74) is 2.24. The van der Waals surface area contributed by atoms with Crippen LogP contribution in [0.25, 0.3) is 0 Å². The van der Waals surface area contributed by atoms with Gasteiger partial charge in [0.2, 0.25) is 3.79 Å². The van der Waals surface area contributed by atoms with Gasteiger partial charge in [0.15, 0.2) is 0 Å². The number of amides is 1. The molecular formula is C13H12Cl3NO4. The molecule has 0 aromatic heterocycles. The van der Waals surface area contributed by atoms with E-state index in [4.69, 9.17) is 39.5 Å². The Labute approximate surface area is 136 Å². The average molecular weight is 353 g/mol. The van der Waals surface area contributed by atoms with E-state index in [9.17, 15) is 9.59 Å². The van der Waals surface area contributed by atoms with E-state index >= 15 is 0 Å². The predicted octanol–water partition coefficient (Wildman–Crippen LogP) is 3.30. The van der Waals surface area contributed by atoms with Gasteiger partial charge < -0.3 is 9.47 Å². The van der Waals surface area contributed by atoms with Gasteiger partial charge in [-0.15, -0.1) is 0 Å². The minimum absolute atomic E-state index is 0.323. The maximum Gasteiger partial charge on any atom is 0.410 e. The van der Waals surface area contributed by atoms with Gasteiger partial charge in [-0.2, -0.15) is 0 Å². The van der Waals surface area contributed by atoms with Crippen LogP contribution in [0.4, 0.5) is 4.79 Å². The molecule has 0 saturated heterocycles. The van der Waals surface area contributed by atoms with Crippen molar-refractivity contribution in [1.29, 1.82) is 0 Å². The Kier molecular flexibility index (Phi) is 4.86. The fourth-order valence-electron chi connectivity index (χ4n) is 2.00. The third kappa shape index (κ3) is 4.15. The Balaban J connectivity index is 2.02. The van der Waals surface area contributed by atoms with E-state index in [2.05, 4.69) is 4.74 Å². The number of benzene rings is 1. The molecule has 1 amide bonds. The monoisotopic (exact) mass is 351 g/mol. The molecule has 8 heteroatoms. The van der Waals surface area contributed by atoms with Crippen LogP contribution in [-0.2, 0) is 22.6 Å². The van der Waals surface area contributed by atoms with Gasteiger partial charge in [-0.25, -0.2) is 9.59 Å². The summed E-state index contributed by atoms with van der Waals surface area (Å²) in [6.07, 6.45) is -0.572. The largest absolute Gasteiger partial charge is 0.465 e. The fourth-order valence-corrected chi connectivity index (χ4v) is 2.17. The van der Waals surface area contributed by atoms with Crippen molar-refractivity contribution in [1.82, 2.24) is 4.90 Å². The Morgan fingerprint density at radius 2 is 1.90 bits per heavy atom. The molecule has 1 aliphatic heterocycles. The number of alkyl halides is 3. The quantitative estimate of drug-likeness (QED) is 0.605. The molecular weight excluding hydrogens is 341 g/mol. The van der Waals surface area contributed by atoms with Gasteiger partial charge in [0, 0.05) is 13.1 Å². The predicted molar refractivity (Wildman–Crippen MR) is 78.7 cm³/mol. The van der Waals surface area contributed by atoms with E-state index in [0.717, 1.165) is 11.1 Å². The van der Waals surface area contributed by atoms with Gasteiger partial charge in [0.25, 0.3) is 0 Å². The molecule has 5 nitrogen and oxygen atoms in total. The summed E-state index contributed by atoms with van der Waals surface area (Å²) in [5, 5.41) is 0. The lowest BCUT2D eigenvalue weighted by atomic mass is 10.1. The summed E-state index contributed by atoms with van der Waals surface area (Å²) in [4.78, 5) is 24.8. The minimum atomic E-state index is -1.64. The number of nitrogens with zero attached hydrogens (tertiary/aromatic N) is 1. The molecule has 1 heterocycles. The lowest BCUT2D eigenvalue weighted by Crippen LogP contribution is -2.29. The molecule has 21 heavy (non-hydrogen) atoms. The van der Waals surface area contributed by atoms with Crippen LogP contribution in [0.2, 0.25) is 0 Å². The summed E-state index contributed by atoms with van der Waals surface area (Å²) in [6.45, 7) is 0.394. The van der Waals surface area contributed by atoms with Crippen molar-refractivity contribution in [3.8, 4) is 0 Å². The normalized spacial score (nSPS) is 13.8. The zero-order chi connectivity index (χ0) is 15.6. The summed E-state index contributed by atoms with van der Waals surface area (Å²) in [7, 11) is 1.32. The first-order valence-corrected chi connectivity index (χ1v) is 7.12. The number of methoxy groups -OCH3 is 1. The molecule has 2 rings (SSSR count). The summed E-state index contributed by atoms with van der Waals surface area (Å²) in [5.74, 6) is -0.421. The van der Waals surface area contributed by atoms with Crippen LogP contribution in [0.5, 0.6) is 0 Å². The molecule has 0 unspecified atom stereocenters. The van der Waals surface area contributed by atoms with Crippen LogP contribution < -0.4 is 0 Å². The Morgan fingerprint density at radius 1 is 1.24 bits per heavy atom. The molecule has 0 bridgehead atoms. The van der Waals surface area contributed by atoms with Crippen molar-refractivity contribution < 1.29 is 19.1 Å². The molecule has 0 fully saturated rings. The lowest BCUT2D eigenvalue weighted by Gasteiger charge is -2.17. The van der Waals surface area contributed by atoms with Crippen molar-refractivity contribution in [3.05, 3.63) is 34.9 Å². The van der Waals surface area contributed by atoms with Crippen molar-refractivity contribution in [2.24, 2.45) is 0 Å². The van der Waals surface area contributed by atoms with Crippen molar-refractivity contribution in [2.75, 3.05) is 13.7 Å². The second kappa shape index (κ2) is 6.30. The van der Waals surface area contributed by atoms with E-state index in [1.807, 2.05) is 0 Å². The van der Waals surface area contributed by atoms with Crippen LogP contribution in [-0.4, -0.2) is 34.5 Å². The number of hydrogen-bond donors (Lipinski definition) is 0. The van der Waals surface area contributed by atoms with Crippen LogP contribution in [0.3, 0.4) is 0 Å². The Hall–Kier alpha value is -1.17. The zero-order valence-corrected chi connectivity index (χ0v) is 13.3. The molecule has 1 aromatic rings. The number of carbonyl (C=O) groups is 2. The summed E-state index contributed by atoms with van der Waals surface area (Å²) in [6, 6.07) is 5.13. The fraction of sp³-hybridized carbons (Fsp3) is 0.385. The van der Waals surface area contributed by atoms with Crippen molar-refractivity contribution in [2.45, 2.75) is 16.9 Å². The molecule has 0 radical (unpaired) electrons. The number of halogens is 3. The second-order valence-corrected chi connectivity index (χ2v) is 7.02. The number of esters is 1. The first-order valence-electron chi connectivity index (χ1n) is 5.99. The molecule has 1 aliphatic rings. The highest BCUT2D eigenvalue weighted by Gasteiger charge is 2.28. The number of hydrogen-bond acceptors (Lipinski definition) is 4. The Bertz CT molecular complexity index is 571. The number of ether oxygens (including phenoxy) is 2. The van der Waals surface area contributed by atoms with Gasteiger partial charge in [-0.05, 0) is 23.3 Å². The number of rotatable bonds is 2. The number of fused-ring (bicyclic) bond motifs is 1. The third-order valence-electron chi connectivity index (χ3n) is 2.97. The first kappa shape index (κ1) is 16.2. The van der Waals surface area contributed by atoms with Gasteiger partial charge in [-0.1, -0.05) is 40.9 Å². The van der Waals surface area contributed by atoms with Gasteiger partial charge in [-0.3, -0.25) is 4.90 Å². The van der Waals surface area contributed by atoms with Crippen LogP contribution >= 0.6 is 34.8 Å². The second-order valence-electron chi connectivity index (χ2n) is 4.50. The van der Waals surface area contributed by atoms with Crippen LogP contribution in [0, 0.1) is 0 Å². The van der Waals surface area contributed by atoms with E-state index in [1.165, 1.54) is 12.0 Å². The minimum Gasteiger partial charge on any atom is -0.465 e. The van der Waals surface area contributed by atoms with Crippen molar-refractivity contribution in [3.63, 3.8) is 0 Å². The topological polar surface area (TPSA) is 55.8 Å². The van der Waals surface area contributed by atoms with Gasteiger partial charge >= 0.3 is 12.1 Å². The molecule has 114 valence electrons. The number of carbonyl (C=O) groups excluding carboxylic acids is 2. The highest BCUT2D eigenvalue weighted by molar-refractivity contribution is 6.67. The third-order valence-corrected chi connectivity index (χ3v) is 3.29. The highest BCUT2D eigenvalue weighted by atomic mass is 35.6. The molecule has 0 saturated carbocycles. The SMILES string of the molecule is COC(=O)c1ccc2c(c1)CN(C(=O)OCC(Cl)(Cl)Cl)C2. The molecule has 1 aromatic carbocycles. The molecule has 0 atom stereocenters. The lowest BCUT2D eigenvalue weighted by molar-refractivity contribution is 0.0600. The highest BCUT2D eigenvalue weighted by Crippen LogP contribution is 2.28. The van der Waals surface area contributed by atoms with Crippen molar-refractivity contribution >= 4 is 46.9 Å². The van der Waals surface area contributed by atoms with E-state index in [-0.39, 0.29) is 6.61 Å². The van der Waals surface area contributed by atoms with Crippen LogP contribution in [0.15, 0.2) is 18.2 Å². The van der Waals surface area contributed by atoms with Crippen LogP contribution in [0.1, 0.15) is 21.5 Å². The maximum atomic E-state index is 11.9. The molecule has 0 aliphatic carbocycles. The van der Waals surface area contributed by atoms with Gasteiger partial charge in [0.05, 0.1) is 12.7 Å². The molecule has 0 spiro atoms. The Morgan fingerprint density at radius 3 is 2.52 bits per heavy atom. The molecule has 0 N–H and O–H groups in total. The summed E-state index contributed by atoms with van der Waals surface area (Å²) < 4.78 is 7.94. The standard InChI is InChI=1S/C13H12Cl3NO4/c1-20-11(18)8-2-3-9-5-17(6-10(9)4-8)12(19)21-7-13(14,15)16/h2-4H,5-7H2,1H3.